The quantitative estimate of drug-likeness (QED) is 0.157. The number of esters is 1. The highest BCUT2D eigenvalue weighted by molar-refractivity contribution is 9.09. The molecule has 1 unspecified atom stereocenters. The minimum atomic E-state index is -1.34. The Morgan fingerprint density at radius 2 is 1.92 bits per heavy atom. The van der Waals surface area contributed by atoms with Crippen molar-refractivity contribution in [3.05, 3.63) is 67.8 Å². The van der Waals surface area contributed by atoms with Crippen molar-refractivity contribution >= 4 is 56.1 Å². The summed E-state index contributed by atoms with van der Waals surface area (Å²) in [6, 6.07) is 11.8. The molecule has 5 rings (SSSR count). The van der Waals surface area contributed by atoms with Crippen LogP contribution >= 0.6 is 15.9 Å². The van der Waals surface area contributed by atoms with Gasteiger partial charge in [0.2, 0.25) is 11.8 Å². The average Bonchev–Trinajstić information content (AvgIpc) is 3.68. The van der Waals surface area contributed by atoms with E-state index in [2.05, 4.69) is 34.4 Å². The Hall–Kier alpha value is -3.54. The standard InChI is InChI=1S/C37H46BrN3O7/c1-6-9-14-29(43)39-20-23(5)47-36(46)30-31-34(44)41(28(21-42)22(4)8-3)33(37(31)19-27(38)32(30)48-37)35(45)40(17-7-2)26-16-15-24-12-10-11-13-25(24)18-26/h6-7,10-13,15-16,18,22-23,27-28,30-33,42H,1-2,8-9,14,17,19-21H2,3-5H3,(H,39,43)/t22-,23+,27?,28-,30-,31+,32-,33-,37+/m0/s1. The van der Waals surface area contributed by atoms with Gasteiger partial charge in [0.1, 0.15) is 17.7 Å². The van der Waals surface area contributed by atoms with Crippen molar-refractivity contribution in [1.82, 2.24) is 10.2 Å². The zero-order valence-electron chi connectivity index (χ0n) is 27.8. The maximum absolute atomic E-state index is 15.0. The number of amides is 3. The highest BCUT2D eigenvalue weighted by Crippen LogP contribution is 2.61. The predicted molar refractivity (Wildman–Crippen MR) is 187 cm³/mol. The molecule has 3 fully saturated rings. The maximum Gasteiger partial charge on any atom is 0.312 e. The van der Waals surface area contributed by atoms with E-state index >= 15 is 4.79 Å². The maximum atomic E-state index is 15.0. The average molecular weight is 725 g/mol. The van der Waals surface area contributed by atoms with Crippen molar-refractivity contribution in [3.8, 4) is 0 Å². The predicted octanol–water partition coefficient (Wildman–Crippen LogP) is 4.53. The molecule has 9 atom stereocenters. The molecule has 3 saturated heterocycles. The van der Waals surface area contributed by atoms with Crippen molar-refractivity contribution in [3.63, 3.8) is 0 Å². The highest BCUT2D eigenvalue weighted by atomic mass is 79.9. The van der Waals surface area contributed by atoms with Gasteiger partial charge in [-0.2, -0.15) is 0 Å². The summed E-state index contributed by atoms with van der Waals surface area (Å²) in [5.74, 6) is -3.70. The van der Waals surface area contributed by atoms with Crippen molar-refractivity contribution in [1.29, 1.82) is 0 Å². The van der Waals surface area contributed by atoms with Crippen LogP contribution in [0.1, 0.15) is 46.5 Å². The summed E-state index contributed by atoms with van der Waals surface area (Å²) in [6.45, 7) is 13.0. The van der Waals surface area contributed by atoms with Gasteiger partial charge in [0.15, 0.2) is 0 Å². The van der Waals surface area contributed by atoms with Gasteiger partial charge in [-0.15, -0.1) is 13.2 Å². The smallest absolute Gasteiger partial charge is 0.312 e. The van der Waals surface area contributed by atoms with E-state index in [1.807, 2.05) is 56.3 Å². The second-order valence-electron chi connectivity index (χ2n) is 13.2. The molecule has 48 heavy (non-hydrogen) atoms. The number of benzene rings is 2. The molecule has 2 aromatic carbocycles. The summed E-state index contributed by atoms with van der Waals surface area (Å²) >= 11 is 3.71. The molecule has 0 radical (unpaired) electrons. The lowest BCUT2D eigenvalue weighted by Crippen LogP contribution is -2.60. The summed E-state index contributed by atoms with van der Waals surface area (Å²) in [6.07, 6.45) is 3.71. The lowest BCUT2D eigenvalue weighted by molar-refractivity contribution is -0.160. The third-order valence-corrected chi connectivity index (χ3v) is 11.0. The Morgan fingerprint density at radius 1 is 1.19 bits per heavy atom. The molecule has 0 aliphatic carbocycles. The number of alkyl halides is 1. The van der Waals surface area contributed by atoms with E-state index in [0.29, 0.717) is 24.9 Å². The van der Waals surface area contributed by atoms with E-state index in [9.17, 15) is 19.5 Å². The number of halogens is 1. The zero-order chi connectivity index (χ0) is 34.7. The van der Waals surface area contributed by atoms with E-state index in [4.69, 9.17) is 9.47 Å². The molecule has 10 nitrogen and oxygen atoms in total. The van der Waals surface area contributed by atoms with E-state index < -0.39 is 53.6 Å². The summed E-state index contributed by atoms with van der Waals surface area (Å²) in [4.78, 5) is 58.5. The number of carbonyl (C=O) groups is 4. The van der Waals surface area contributed by atoms with Gasteiger partial charge in [0.25, 0.3) is 5.91 Å². The first-order valence-electron chi connectivity index (χ1n) is 16.8. The second kappa shape index (κ2) is 14.9. The molecule has 3 amide bonds. The summed E-state index contributed by atoms with van der Waals surface area (Å²) in [7, 11) is 0. The van der Waals surface area contributed by atoms with Crippen molar-refractivity contribution in [2.45, 2.75) is 81.2 Å². The fourth-order valence-electron chi connectivity index (χ4n) is 7.63. The molecule has 11 heteroatoms. The largest absolute Gasteiger partial charge is 0.460 e. The molecule has 258 valence electrons. The van der Waals surface area contributed by atoms with Gasteiger partial charge in [0.05, 0.1) is 37.1 Å². The van der Waals surface area contributed by atoms with Crippen molar-refractivity contribution < 1.29 is 33.8 Å². The number of ether oxygens (including phenoxy) is 2. The number of nitrogens with one attached hydrogen (secondary N) is 1. The van der Waals surface area contributed by atoms with E-state index in [-0.39, 0.29) is 48.7 Å². The molecule has 2 N–H and O–H groups in total. The monoisotopic (exact) mass is 723 g/mol. The number of anilines is 1. The third kappa shape index (κ3) is 6.44. The molecule has 0 aromatic heterocycles. The number of hydrogen-bond acceptors (Lipinski definition) is 7. The Labute approximate surface area is 290 Å². The number of hydrogen-bond donors (Lipinski definition) is 2. The highest BCUT2D eigenvalue weighted by Gasteiger charge is 2.77. The van der Waals surface area contributed by atoms with E-state index in [1.165, 1.54) is 4.90 Å². The van der Waals surface area contributed by atoms with Crippen LogP contribution in [-0.2, 0) is 28.7 Å². The van der Waals surface area contributed by atoms with Gasteiger partial charge in [-0.25, -0.2) is 0 Å². The summed E-state index contributed by atoms with van der Waals surface area (Å²) in [5, 5.41) is 15.4. The number of likely N-dealkylation sites (tertiary alicyclic amines) is 1. The number of allylic oxidation sites excluding steroid dienone is 1. The first kappa shape index (κ1) is 35.8. The van der Waals surface area contributed by atoms with Gasteiger partial charge in [-0.1, -0.05) is 78.7 Å². The van der Waals surface area contributed by atoms with Crippen LogP contribution in [0.4, 0.5) is 5.69 Å². The first-order valence-corrected chi connectivity index (χ1v) is 17.7. The Kier molecular flexibility index (Phi) is 11.1. The minimum Gasteiger partial charge on any atom is -0.460 e. The number of fused-ring (bicyclic) bond motifs is 2. The molecule has 3 heterocycles. The van der Waals surface area contributed by atoms with Crippen LogP contribution < -0.4 is 10.2 Å². The van der Waals surface area contributed by atoms with E-state index in [0.717, 1.165) is 10.8 Å². The Bertz CT molecular complexity index is 1570. The van der Waals surface area contributed by atoms with Crippen LogP contribution in [0.2, 0.25) is 0 Å². The SMILES string of the molecule is C=CCCC(=O)NC[C@@H](C)OC(=O)[C@@H]1[C@H]2O[C@@]3(CC2Br)[C@H](C(=O)N(CC=C)c2ccc4ccccc4c2)N([C@@H](CO)[C@@H](C)CC)C(=O)[C@@H]13. The van der Waals surface area contributed by atoms with Crippen LogP contribution in [-0.4, -0.2) is 88.1 Å². The molecule has 2 aromatic rings. The van der Waals surface area contributed by atoms with Gasteiger partial charge in [0, 0.05) is 23.5 Å². The minimum absolute atomic E-state index is 0.109. The van der Waals surface area contributed by atoms with Gasteiger partial charge in [-0.3, -0.25) is 19.2 Å². The second-order valence-corrected chi connectivity index (χ2v) is 14.4. The third-order valence-electron chi connectivity index (χ3n) is 10.2. The topological polar surface area (TPSA) is 125 Å². The van der Waals surface area contributed by atoms with Crippen LogP contribution in [0, 0.1) is 17.8 Å². The fraction of sp³-hybridized carbons (Fsp3) is 0.514. The molecule has 1 spiro atoms. The summed E-state index contributed by atoms with van der Waals surface area (Å²) in [5.41, 5.74) is -0.700. The molecule has 2 bridgehead atoms. The number of rotatable bonds is 15. The molecule has 3 aliphatic rings. The number of nitrogens with zero attached hydrogens (tertiary/aromatic N) is 2. The molecular formula is C37H46BrN3O7. The van der Waals surface area contributed by atoms with Crippen LogP contribution in [0.25, 0.3) is 10.8 Å². The lowest BCUT2D eigenvalue weighted by atomic mass is 9.70. The number of aliphatic hydroxyl groups excluding tert-OH is 1. The molecule has 0 saturated carbocycles. The molecular weight excluding hydrogens is 678 g/mol. The van der Waals surface area contributed by atoms with Crippen molar-refractivity contribution in [2.24, 2.45) is 17.8 Å². The van der Waals surface area contributed by atoms with Crippen LogP contribution in [0.5, 0.6) is 0 Å². The number of aliphatic hydroxyl groups is 1. The first-order chi connectivity index (χ1) is 23.0. The lowest BCUT2D eigenvalue weighted by Gasteiger charge is -2.41. The van der Waals surface area contributed by atoms with Gasteiger partial charge in [-0.05, 0) is 48.6 Å². The Balaban J connectivity index is 1.51. The summed E-state index contributed by atoms with van der Waals surface area (Å²) < 4.78 is 12.5. The van der Waals surface area contributed by atoms with Gasteiger partial charge < -0.3 is 29.7 Å². The van der Waals surface area contributed by atoms with E-state index in [1.54, 1.807) is 24.0 Å². The van der Waals surface area contributed by atoms with Crippen molar-refractivity contribution in [2.75, 3.05) is 24.6 Å². The van der Waals surface area contributed by atoms with Crippen LogP contribution in [0.15, 0.2) is 67.8 Å². The number of carbonyl (C=O) groups excluding carboxylic acids is 4. The molecule has 3 aliphatic heterocycles. The normalized spacial score (nSPS) is 27.6. The Morgan fingerprint density at radius 3 is 2.58 bits per heavy atom. The zero-order valence-corrected chi connectivity index (χ0v) is 29.4. The fourth-order valence-corrected chi connectivity index (χ4v) is 8.57. The van der Waals surface area contributed by atoms with Crippen LogP contribution in [0.3, 0.4) is 0 Å². The van der Waals surface area contributed by atoms with Gasteiger partial charge >= 0.3 is 5.97 Å².